The van der Waals surface area contributed by atoms with Crippen LogP contribution in [-0.2, 0) is 0 Å². The molecule has 2 heterocycles. The number of pyridine rings is 2. The average molecular weight is 297 g/mol. The minimum atomic E-state index is -0.466. The highest BCUT2D eigenvalue weighted by molar-refractivity contribution is 7.99. The highest BCUT2D eigenvalue weighted by Gasteiger charge is 2.13. The second-order valence-electron chi connectivity index (χ2n) is 3.45. The van der Waals surface area contributed by atoms with E-state index in [1.165, 1.54) is 23.9 Å². The number of nitrogens with one attached hydrogen (secondary N) is 1. The molecule has 6 nitrogen and oxygen atoms in total. The molecule has 0 saturated carbocycles. The molecule has 8 heteroatoms. The van der Waals surface area contributed by atoms with Crippen molar-refractivity contribution in [3.63, 3.8) is 0 Å². The quantitative estimate of drug-likeness (QED) is 0.689. The van der Waals surface area contributed by atoms with Gasteiger partial charge in [0.2, 0.25) is 0 Å². The predicted molar refractivity (Wildman–Crippen MR) is 73.8 cm³/mol. The summed E-state index contributed by atoms with van der Waals surface area (Å²) in [6.07, 6.45) is 1.60. The first kappa shape index (κ1) is 13.6. The Balaban J connectivity index is 2.37. The van der Waals surface area contributed by atoms with E-state index in [1.54, 1.807) is 25.4 Å². The Bertz CT molecular complexity index is 623. The smallest absolute Gasteiger partial charge is 0.275 e. The second kappa shape index (κ2) is 5.85. The third-order valence-electron chi connectivity index (χ3n) is 2.18. The van der Waals surface area contributed by atoms with Crippen LogP contribution in [-0.4, -0.2) is 21.9 Å². The Labute approximate surface area is 118 Å². The fourth-order valence-electron chi connectivity index (χ4n) is 1.32. The highest BCUT2D eigenvalue weighted by Crippen LogP contribution is 2.32. The van der Waals surface area contributed by atoms with Gasteiger partial charge in [0, 0.05) is 19.3 Å². The normalized spacial score (nSPS) is 10.2. The molecule has 0 fully saturated rings. The Morgan fingerprint density at radius 2 is 2.26 bits per heavy atom. The summed E-state index contributed by atoms with van der Waals surface area (Å²) in [5.74, 6) is 0.420. The van der Waals surface area contributed by atoms with Gasteiger partial charge in [0.15, 0.2) is 0 Å². The first-order valence-electron chi connectivity index (χ1n) is 5.23. The molecule has 0 aliphatic rings. The maximum absolute atomic E-state index is 10.8. The molecule has 0 radical (unpaired) electrons. The zero-order chi connectivity index (χ0) is 13.8. The zero-order valence-corrected chi connectivity index (χ0v) is 11.4. The van der Waals surface area contributed by atoms with E-state index in [2.05, 4.69) is 15.3 Å². The van der Waals surface area contributed by atoms with Crippen molar-refractivity contribution in [1.82, 2.24) is 9.97 Å². The number of rotatable bonds is 4. The van der Waals surface area contributed by atoms with Gasteiger partial charge >= 0.3 is 0 Å². The fraction of sp³-hybridized carbons (Fsp3) is 0.0909. The number of anilines is 1. The SMILES string of the molecule is CNc1cc([N+](=O)[O-])cc(Sc2ncccc2Cl)n1. The van der Waals surface area contributed by atoms with Crippen molar-refractivity contribution in [2.45, 2.75) is 10.1 Å². The molecule has 0 spiro atoms. The number of hydrogen-bond donors (Lipinski definition) is 1. The lowest BCUT2D eigenvalue weighted by molar-refractivity contribution is -0.385. The standard InChI is InChI=1S/C11H9ClN4O2S/c1-13-9-5-7(16(17)18)6-10(15-9)19-11-8(12)3-2-4-14-11/h2-6H,1H3,(H,13,15). The minimum Gasteiger partial charge on any atom is -0.373 e. The molecular weight excluding hydrogens is 288 g/mol. The van der Waals surface area contributed by atoms with E-state index < -0.39 is 4.92 Å². The fourth-order valence-corrected chi connectivity index (χ4v) is 2.36. The van der Waals surface area contributed by atoms with Crippen molar-refractivity contribution in [1.29, 1.82) is 0 Å². The largest absolute Gasteiger partial charge is 0.373 e. The molecule has 19 heavy (non-hydrogen) atoms. The van der Waals surface area contributed by atoms with Crippen LogP contribution in [0.4, 0.5) is 11.5 Å². The van der Waals surface area contributed by atoms with E-state index in [-0.39, 0.29) is 5.69 Å². The van der Waals surface area contributed by atoms with Crippen molar-refractivity contribution in [2.24, 2.45) is 0 Å². The minimum absolute atomic E-state index is 0.0334. The first-order chi connectivity index (χ1) is 9.10. The summed E-state index contributed by atoms with van der Waals surface area (Å²) in [5.41, 5.74) is -0.0334. The van der Waals surface area contributed by atoms with E-state index in [9.17, 15) is 10.1 Å². The van der Waals surface area contributed by atoms with Crippen molar-refractivity contribution in [3.05, 3.63) is 45.6 Å². The van der Waals surface area contributed by atoms with E-state index >= 15 is 0 Å². The van der Waals surface area contributed by atoms with Crippen molar-refractivity contribution >= 4 is 34.9 Å². The summed E-state index contributed by atoms with van der Waals surface area (Å²) in [5, 5.41) is 15.1. The number of hydrogen-bond acceptors (Lipinski definition) is 6. The summed E-state index contributed by atoms with van der Waals surface area (Å²) in [7, 11) is 1.65. The van der Waals surface area contributed by atoms with Crippen LogP contribution in [0.1, 0.15) is 0 Å². The maximum atomic E-state index is 10.8. The zero-order valence-electron chi connectivity index (χ0n) is 9.83. The van der Waals surface area contributed by atoms with Crippen LogP contribution >= 0.6 is 23.4 Å². The lowest BCUT2D eigenvalue weighted by Crippen LogP contribution is -1.97. The molecule has 0 atom stereocenters. The molecule has 0 amide bonds. The number of nitro groups is 1. The molecule has 2 aromatic heterocycles. The Kier molecular flexibility index (Phi) is 4.18. The summed E-state index contributed by atoms with van der Waals surface area (Å²) in [6, 6.07) is 6.17. The van der Waals surface area contributed by atoms with Crippen LogP contribution in [0.25, 0.3) is 0 Å². The van der Waals surface area contributed by atoms with Gasteiger partial charge in [-0.15, -0.1) is 0 Å². The van der Waals surface area contributed by atoms with E-state index in [4.69, 9.17) is 11.6 Å². The van der Waals surface area contributed by atoms with Crippen molar-refractivity contribution in [3.8, 4) is 0 Å². The Hall–Kier alpha value is -1.86. The van der Waals surface area contributed by atoms with Gasteiger partial charge in [-0.1, -0.05) is 11.6 Å². The summed E-state index contributed by atoms with van der Waals surface area (Å²) < 4.78 is 0. The first-order valence-corrected chi connectivity index (χ1v) is 6.42. The van der Waals surface area contributed by atoms with Crippen LogP contribution in [0.15, 0.2) is 40.5 Å². The van der Waals surface area contributed by atoms with Crippen molar-refractivity contribution < 1.29 is 4.92 Å². The molecule has 0 unspecified atom stereocenters. The number of halogens is 1. The van der Waals surface area contributed by atoms with Gasteiger partial charge in [-0.25, -0.2) is 9.97 Å². The number of aromatic nitrogens is 2. The van der Waals surface area contributed by atoms with Gasteiger partial charge in [-0.05, 0) is 23.9 Å². The summed E-state index contributed by atoms with van der Waals surface area (Å²) in [6.45, 7) is 0. The second-order valence-corrected chi connectivity index (χ2v) is 4.86. The maximum Gasteiger partial charge on any atom is 0.275 e. The molecule has 1 N–H and O–H groups in total. The molecule has 0 bridgehead atoms. The van der Waals surface area contributed by atoms with Crippen LogP contribution in [0.2, 0.25) is 5.02 Å². The van der Waals surface area contributed by atoms with Gasteiger partial charge in [-0.3, -0.25) is 10.1 Å². The van der Waals surface area contributed by atoms with Crippen molar-refractivity contribution in [2.75, 3.05) is 12.4 Å². The van der Waals surface area contributed by atoms with E-state index in [0.29, 0.717) is 20.9 Å². The molecule has 2 aromatic rings. The monoisotopic (exact) mass is 296 g/mol. The van der Waals surface area contributed by atoms with Gasteiger partial charge in [0.25, 0.3) is 5.69 Å². The third-order valence-corrected chi connectivity index (χ3v) is 3.53. The number of nitrogens with zero attached hydrogens (tertiary/aromatic N) is 3. The molecule has 0 aliphatic heterocycles. The third kappa shape index (κ3) is 3.33. The van der Waals surface area contributed by atoms with Gasteiger partial charge in [0.1, 0.15) is 15.9 Å². The molecule has 0 aliphatic carbocycles. The summed E-state index contributed by atoms with van der Waals surface area (Å²) >= 11 is 7.17. The van der Waals surface area contributed by atoms with E-state index in [0.717, 1.165) is 0 Å². The van der Waals surface area contributed by atoms with E-state index in [1.807, 2.05) is 0 Å². The van der Waals surface area contributed by atoms with Crippen LogP contribution in [0.5, 0.6) is 0 Å². The Morgan fingerprint density at radius 1 is 1.47 bits per heavy atom. The Morgan fingerprint density at radius 3 is 2.89 bits per heavy atom. The molecule has 0 saturated heterocycles. The lowest BCUT2D eigenvalue weighted by Gasteiger charge is -2.05. The van der Waals surface area contributed by atoms with Crippen LogP contribution in [0, 0.1) is 10.1 Å². The van der Waals surface area contributed by atoms with Gasteiger partial charge in [-0.2, -0.15) is 0 Å². The predicted octanol–water partition coefficient (Wildman–Crippen LogP) is 3.23. The average Bonchev–Trinajstić information content (AvgIpc) is 2.41. The molecule has 0 aromatic carbocycles. The summed E-state index contributed by atoms with van der Waals surface area (Å²) in [4.78, 5) is 18.7. The molecular formula is C11H9ClN4O2S. The molecule has 98 valence electrons. The topological polar surface area (TPSA) is 81.0 Å². The lowest BCUT2D eigenvalue weighted by atomic mass is 10.4. The van der Waals surface area contributed by atoms with Gasteiger partial charge < -0.3 is 5.32 Å². The van der Waals surface area contributed by atoms with Crippen LogP contribution < -0.4 is 5.32 Å². The van der Waals surface area contributed by atoms with Crippen LogP contribution in [0.3, 0.4) is 0 Å². The molecule has 2 rings (SSSR count). The highest BCUT2D eigenvalue weighted by atomic mass is 35.5. The van der Waals surface area contributed by atoms with Gasteiger partial charge in [0.05, 0.1) is 16.0 Å².